The molecule has 9 heteroatoms. The van der Waals surface area contributed by atoms with Crippen molar-refractivity contribution in [1.29, 1.82) is 0 Å². The van der Waals surface area contributed by atoms with E-state index in [1.165, 1.54) is 18.2 Å². The average Bonchev–Trinajstić information content (AvgIpc) is 2.39. The molecule has 8 nitrogen and oxygen atoms in total. The number of hydrogen-bond donors (Lipinski definition) is 2. The quantitative estimate of drug-likeness (QED) is 0.645. The molecule has 1 heterocycles. The number of nitro benzene ring substituents is 1. The predicted molar refractivity (Wildman–Crippen MR) is 71.0 cm³/mol. The Labute approximate surface area is 113 Å². The van der Waals surface area contributed by atoms with Crippen molar-refractivity contribution in [2.24, 2.45) is 0 Å². The van der Waals surface area contributed by atoms with Crippen molar-refractivity contribution in [3.8, 4) is 0 Å². The van der Waals surface area contributed by atoms with Gasteiger partial charge in [0.2, 0.25) is 5.56 Å². The van der Waals surface area contributed by atoms with E-state index in [4.69, 9.17) is 0 Å². The van der Waals surface area contributed by atoms with Gasteiger partial charge >= 0.3 is 0 Å². The number of nitro groups is 1. The van der Waals surface area contributed by atoms with Gasteiger partial charge < -0.3 is 4.98 Å². The van der Waals surface area contributed by atoms with Crippen molar-refractivity contribution in [3.05, 3.63) is 63.1 Å². The Morgan fingerprint density at radius 3 is 2.55 bits per heavy atom. The van der Waals surface area contributed by atoms with E-state index < -0.39 is 20.5 Å². The fraction of sp³-hybridized carbons (Fsp3) is 0. The van der Waals surface area contributed by atoms with Gasteiger partial charge in [0.1, 0.15) is 4.90 Å². The maximum absolute atomic E-state index is 12.0. The highest BCUT2D eigenvalue weighted by Gasteiger charge is 2.15. The van der Waals surface area contributed by atoms with Gasteiger partial charge in [0.15, 0.2) is 0 Å². The molecule has 0 unspecified atom stereocenters. The first-order chi connectivity index (χ1) is 9.38. The van der Waals surface area contributed by atoms with E-state index >= 15 is 0 Å². The molecule has 20 heavy (non-hydrogen) atoms. The Balaban J connectivity index is 2.33. The number of sulfonamides is 1. The Hall–Kier alpha value is -2.68. The summed E-state index contributed by atoms with van der Waals surface area (Å²) >= 11 is 0. The number of rotatable bonds is 4. The zero-order chi connectivity index (χ0) is 14.8. The van der Waals surface area contributed by atoms with Crippen LogP contribution in [-0.4, -0.2) is 18.3 Å². The van der Waals surface area contributed by atoms with Crippen molar-refractivity contribution >= 4 is 21.4 Å². The number of non-ortho nitro benzene ring substituents is 1. The van der Waals surface area contributed by atoms with E-state index in [1.807, 2.05) is 0 Å². The largest absolute Gasteiger partial charge is 0.328 e. The molecule has 0 amide bonds. The molecule has 2 rings (SSSR count). The number of anilines is 1. The van der Waals surface area contributed by atoms with Gasteiger partial charge in [-0.3, -0.25) is 19.6 Å². The average molecular weight is 295 g/mol. The minimum atomic E-state index is -3.92. The summed E-state index contributed by atoms with van der Waals surface area (Å²) in [7, 11) is -3.92. The van der Waals surface area contributed by atoms with Crippen LogP contribution in [0.15, 0.2) is 52.3 Å². The molecule has 0 radical (unpaired) electrons. The highest BCUT2D eigenvalue weighted by molar-refractivity contribution is 7.92. The van der Waals surface area contributed by atoms with Crippen LogP contribution in [0.25, 0.3) is 0 Å². The van der Waals surface area contributed by atoms with E-state index in [9.17, 15) is 23.3 Å². The van der Waals surface area contributed by atoms with Crippen LogP contribution in [0, 0.1) is 10.1 Å². The van der Waals surface area contributed by atoms with Crippen LogP contribution in [0.4, 0.5) is 11.4 Å². The van der Waals surface area contributed by atoms with Crippen molar-refractivity contribution in [1.82, 2.24) is 4.98 Å². The molecule has 0 aliphatic heterocycles. The zero-order valence-corrected chi connectivity index (χ0v) is 10.8. The molecule has 0 aliphatic carbocycles. The van der Waals surface area contributed by atoms with Crippen LogP contribution in [0.2, 0.25) is 0 Å². The van der Waals surface area contributed by atoms with Crippen LogP contribution in [0.3, 0.4) is 0 Å². The molecule has 0 atom stereocenters. The van der Waals surface area contributed by atoms with E-state index in [1.54, 1.807) is 0 Å². The number of benzene rings is 1. The number of hydrogen-bond acceptors (Lipinski definition) is 5. The van der Waals surface area contributed by atoms with Gasteiger partial charge in [0, 0.05) is 24.4 Å². The lowest BCUT2D eigenvalue weighted by atomic mass is 10.3. The van der Waals surface area contributed by atoms with Gasteiger partial charge in [-0.15, -0.1) is 0 Å². The Morgan fingerprint density at radius 2 is 1.95 bits per heavy atom. The molecule has 0 spiro atoms. The molecular formula is C11H9N3O5S. The van der Waals surface area contributed by atoms with Gasteiger partial charge in [-0.25, -0.2) is 8.42 Å². The minimum Gasteiger partial charge on any atom is -0.328 e. The number of aromatic amines is 1. The minimum absolute atomic E-state index is 0.0606. The summed E-state index contributed by atoms with van der Waals surface area (Å²) in [4.78, 5) is 23.0. The van der Waals surface area contributed by atoms with Gasteiger partial charge in [-0.2, -0.15) is 0 Å². The van der Waals surface area contributed by atoms with Crippen LogP contribution >= 0.6 is 0 Å². The number of aromatic nitrogens is 1. The molecule has 0 saturated carbocycles. The van der Waals surface area contributed by atoms with Gasteiger partial charge in [-0.05, 0) is 12.1 Å². The van der Waals surface area contributed by atoms with Crippen molar-refractivity contribution in [3.63, 3.8) is 0 Å². The Bertz CT molecular complexity index is 792. The van der Waals surface area contributed by atoms with Crippen LogP contribution in [0.1, 0.15) is 0 Å². The fourth-order valence-corrected chi connectivity index (χ4v) is 2.48. The summed E-state index contributed by atoms with van der Waals surface area (Å²) in [6.45, 7) is 0. The number of H-pyrrole nitrogens is 1. The monoisotopic (exact) mass is 295 g/mol. The standard InChI is InChI=1S/C11H9N3O5S/c15-11-5-4-10(7-12-11)20(18,19)13-8-2-1-3-9(6-8)14(16)17/h1-7,13H,(H,12,15). The maximum atomic E-state index is 12.0. The second-order valence-electron chi connectivity index (χ2n) is 3.80. The molecular weight excluding hydrogens is 286 g/mol. The van der Waals surface area contributed by atoms with E-state index in [-0.39, 0.29) is 16.3 Å². The molecule has 1 aromatic heterocycles. The second kappa shape index (κ2) is 5.13. The predicted octanol–water partition coefficient (Wildman–Crippen LogP) is 1.08. The number of nitrogens with one attached hydrogen (secondary N) is 2. The first-order valence-corrected chi connectivity index (χ1v) is 6.83. The molecule has 0 fully saturated rings. The summed E-state index contributed by atoms with van der Waals surface area (Å²) < 4.78 is 26.2. The Kier molecular flexibility index (Phi) is 3.53. The maximum Gasteiger partial charge on any atom is 0.271 e. The van der Waals surface area contributed by atoms with Gasteiger partial charge in [0.25, 0.3) is 15.7 Å². The second-order valence-corrected chi connectivity index (χ2v) is 5.48. The van der Waals surface area contributed by atoms with E-state index in [0.29, 0.717) is 0 Å². The summed E-state index contributed by atoms with van der Waals surface area (Å²) in [5, 5.41) is 10.6. The van der Waals surface area contributed by atoms with Crippen molar-refractivity contribution < 1.29 is 13.3 Å². The third-order valence-corrected chi connectivity index (χ3v) is 3.75. The third kappa shape index (κ3) is 3.01. The first kappa shape index (κ1) is 13.7. The number of nitrogens with zero attached hydrogens (tertiary/aromatic N) is 1. The van der Waals surface area contributed by atoms with Crippen LogP contribution < -0.4 is 10.3 Å². The Morgan fingerprint density at radius 1 is 1.20 bits per heavy atom. The molecule has 2 N–H and O–H groups in total. The van der Waals surface area contributed by atoms with Crippen LogP contribution in [-0.2, 0) is 10.0 Å². The lowest BCUT2D eigenvalue weighted by Gasteiger charge is -2.07. The lowest BCUT2D eigenvalue weighted by molar-refractivity contribution is -0.384. The molecule has 0 aliphatic rings. The summed E-state index contributed by atoms with van der Waals surface area (Å²) in [6.07, 6.45) is 1.04. The molecule has 2 aromatic rings. The molecule has 0 saturated heterocycles. The molecule has 1 aromatic carbocycles. The van der Waals surface area contributed by atoms with Crippen LogP contribution in [0.5, 0.6) is 0 Å². The van der Waals surface area contributed by atoms with Gasteiger partial charge in [-0.1, -0.05) is 6.07 Å². The number of pyridine rings is 1. The summed E-state index contributed by atoms with van der Waals surface area (Å²) in [5.41, 5.74) is -0.601. The normalized spacial score (nSPS) is 11.0. The molecule has 0 bridgehead atoms. The van der Waals surface area contributed by atoms with Crippen molar-refractivity contribution in [2.75, 3.05) is 4.72 Å². The summed E-state index contributed by atoms with van der Waals surface area (Å²) in [5.74, 6) is 0. The van der Waals surface area contributed by atoms with Crippen molar-refractivity contribution in [2.45, 2.75) is 4.90 Å². The topological polar surface area (TPSA) is 122 Å². The van der Waals surface area contributed by atoms with Gasteiger partial charge in [0.05, 0.1) is 10.6 Å². The van der Waals surface area contributed by atoms with E-state index in [2.05, 4.69) is 9.71 Å². The zero-order valence-electron chi connectivity index (χ0n) is 9.94. The highest BCUT2D eigenvalue weighted by Crippen LogP contribution is 2.20. The third-order valence-electron chi connectivity index (χ3n) is 2.38. The summed E-state index contributed by atoms with van der Waals surface area (Å²) in [6, 6.07) is 7.31. The smallest absolute Gasteiger partial charge is 0.271 e. The SMILES string of the molecule is O=c1ccc(S(=O)(=O)Nc2cccc([N+](=O)[O-])c2)c[nH]1. The van der Waals surface area contributed by atoms with E-state index in [0.717, 1.165) is 24.4 Å². The first-order valence-electron chi connectivity index (χ1n) is 5.34. The lowest BCUT2D eigenvalue weighted by Crippen LogP contribution is -2.15. The highest BCUT2D eigenvalue weighted by atomic mass is 32.2. The molecule has 104 valence electrons. The fourth-order valence-electron chi connectivity index (χ4n) is 1.46.